The Balaban J connectivity index is 2.11. The number of aryl methyl sites for hydroxylation is 1. The number of nitrogens with one attached hydrogen (secondary N) is 2. The van der Waals surface area contributed by atoms with E-state index in [0.29, 0.717) is 6.54 Å². The third kappa shape index (κ3) is 2.81. The van der Waals surface area contributed by atoms with Crippen molar-refractivity contribution in [3.8, 4) is 0 Å². The zero-order chi connectivity index (χ0) is 15.7. The number of hydrogen-bond donors (Lipinski definition) is 2. The van der Waals surface area contributed by atoms with E-state index in [-0.39, 0.29) is 16.5 Å². The maximum Gasteiger partial charge on any atom is 0.327 e. The Bertz CT molecular complexity index is 884. The second-order valence-corrected chi connectivity index (χ2v) is 5.87. The zero-order valence-corrected chi connectivity index (χ0v) is 12.4. The number of nitrogens with zero attached hydrogens (tertiary/aromatic N) is 1. The van der Waals surface area contributed by atoms with Crippen LogP contribution < -0.4 is 16.7 Å². The highest BCUT2D eigenvalue weighted by atomic mass is 16.2. The lowest BCUT2D eigenvalue weighted by Gasteiger charge is -2.14. The summed E-state index contributed by atoms with van der Waals surface area (Å²) in [6, 6.07) is 1.51. The molecule has 2 aromatic rings. The molecule has 2 N–H and O–H groups in total. The normalized spacial score (nSPS) is 14.4. The van der Waals surface area contributed by atoms with Gasteiger partial charge in [0.2, 0.25) is 0 Å². The van der Waals surface area contributed by atoms with Crippen molar-refractivity contribution in [1.29, 1.82) is 0 Å². The molecule has 1 saturated carbocycles. The summed E-state index contributed by atoms with van der Waals surface area (Å²) < 4.78 is 1.80. The van der Waals surface area contributed by atoms with Gasteiger partial charge in [-0.15, -0.1) is 6.58 Å². The van der Waals surface area contributed by atoms with Crippen LogP contribution in [0.2, 0.25) is 0 Å². The average Bonchev–Trinajstić information content (AvgIpc) is 3.26. The lowest BCUT2D eigenvalue weighted by molar-refractivity contribution is 0.637. The van der Waals surface area contributed by atoms with Crippen molar-refractivity contribution in [1.82, 2.24) is 14.5 Å². The van der Waals surface area contributed by atoms with E-state index in [1.807, 2.05) is 0 Å². The van der Waals surface area contributed by atoms with E-state index in [4.69, 9.17) is 0 Å². The summed E-state index contributed by atoms with van der Waals surface area (Å²) in [5, 5.41) is -0.00704. The minimum atomic E-state index is -0.647. The van der Waals surface area contributed by atoms with E-state index in [2.05, 4.69) is 16.5 Å². The third-order valence-corrected chi connectivity index (χ3v) is 4.14. The van der Waals surface area contributed by atoms with Crippen LogP contribution in [0, 0.1) is 5.92 Å². The Kier molecular flexibility index (Phi) is 3.83. The predicted octanol–water partition coefficient (Wildman–Crippen LogP) is 1.30. The fraction of sp³-hybridized carbons (Fsp3) is 0.438. The van der Waals surface area contributed by atoms with E-state index in [1.54, 1.807) is 10.6 Å². The first-order valence-electron chi connectivity index (χ1n) is 7.60. The van der Waals surface area contributed by atoms with E-state index in [1.165, 1.54) is 18.9 Å². The monoisotopic (exact) mass is 301 g/mol. The van der Waals surface area contributed by atoms with Crippen LogP contribution in [0.3, 0.4) is 0 Å². The number of hydrogen-bond acceptors (Lipinski definition) is 3. The quantitative estimate of drug-likeness (QED) is 0.788. The summed E-state index contributed by atoms with van der Waals surface area (Å²) in [4.78, 5) is 40.3. The van der Waals surface area contributed by atoms with Crippen LogP contribution in [0.1, 0.15) is 31.4 Å². The molecule has 1 fully saturated rings. The Morgan fingerprint density at radius 3 is 2.73 bits per heavy atom. The molecule has 116 valence electrons. The number of rotatable bonds is 6. The average molecular weight is 301 g/mol. The number of pyridine rings is 1. The number of aromatic amines is 2. The fourth-order valence-corrected chi connectivity index (χ4v) is 2.87. The van der Waals surface area contributed by atoms with Gasteiger partial charge in [-0.3, -0.25) is 19.6 Å². The predicted molar refractivity (Wildman–Crippen MR) is 85.3 cm³/mol. The smallest absolute Gasteiger partial charge is 0.327 e. The molecule has 0 radical (unpaired) electrons. The van der Waals surface area contributed by atoms with Crippen LogP contribution in [0.5, 0.6) is 0 Å². The molecular formula is C16H19N3O3. The fourth-order valence-electron chi connectivity index (χ4n) is 2.87. The van der Waals surface area contributed by atoms with Crippen LogP contribution in [0.15, 0.2) is 33.1 Å². The molecule has 3 rings (SSSR count). The highest BCUT2D eigenvalue weighted by Gasteiger charge is 2.20. The molecule has 0 spiro atoms. The molecule has 0 unspecified atom stereocenters. The SMILES string of the molecule is C=CCn1c(CCCC2CC2)cc(=O)c2c(=O)[nH]c(=O)[nH]c21. The van der Waals surface area contributed by atoms with Gasteiger partial charge in [-0.05, 0) is 18.8 Å². The van der Waals surface area contributed by atoms with Crippen LogP contribution in [0.4, 0.5) is 0 Å². The van der Waals surface area contributed by atoms with E-state index in [0.717, 1.165) is 30.9 Å². The zero-order valence-electron chi connectivity index (χ0n) is 12.4. The van der Waals surface area contributed by atoms with Crippen molar-refractivity contribution < 1.29 is 0 Å². The molecular weight excluding hydrogens is 282 g/mol. The van der Waals surface area contributed by atoms with Gasteiger partial charge in [-0.1, -0.05) is 25.3 Å². The van der Waals surface area contributed by atoms with Gasteiger partial charge in [0.05, 0.1) is 0 Å². The number of aromatic nitrogens is 3. The third-order valence-electron chi connectivity index (χ3n) is 4.14. The summed E-state index contributed by atoms with van der Waals surface area (Å²) in [5.41, 5.74) is -0.493. The van der Waals surface area contributed by atoms with Crippen LogP contribution >= 0.6 is 0 Å². The van der Waals surface area contributed by atoms with Crippen molar-refractivity contribution in [3.05, 3.63) is 55.5 Å². The molecule has 6 nitrogen and oxygen atoms in total. The van der Waals surface area contributed by atoms with Gasteiger partial charge in [0, 0.05) is 18.3 Å². The number of allylic oxidation sites excluding steroid dienone is 1. The van der Waals surface area contributed by atoms with Gasteiger partial charge in [0.25, 0.3) is 5.56 Å². The van der Waals surface area contributed by atoms with E-state index in [9.17, 15) is 14.4 Å². The van der Waals surface area contributed by atoms with Gasteiger partial charge < -0.3 is 4.57 Å². The Labute approximate surface area is 126 Å². The molecule has 6 heteroatoms. The minimum absolute atomic E-state index is 0.00704. The Morgan fingerprint density at radius 2 is 2.05 bits per heavy atom. The standard InChI is InChI=1S/C16H19N3O3/c1-2-8-19-11(5-3-4-10-6-7-10)9-12(20)13-14(19)17-16(22)18-15(13)21/h2,9-10H,1,3-8H2,(H2,17,18,21,22). The molecule has 1 aliphatic rings. The first kappa shape index (κ1) is 14.6. The molecule has 0 bridgehead atoms. The van der Waals surface area contributed by atoms with Crippen molar-refractivity contribution in [2.75, 3.05) is 0 Å². The molecule has 1 aliphatic carbocycles. The minimum Gasteiger partial charge on any atom is -0.327 e. The molecule has 2 heterocycles. The molecule has 0 saturated heterocycles. The van der Waals surface area contributed by atoms with Crippen LogP contribution in [-0.2, 0) is 13.0 Å². The van der Waals surface area contributed by atoms with Crippen molar-refractivity contribution in [2.24, 2.45) is 5.92 Å². The maximum atomic E-state index is 12.2. The van der Waals surface area contributed by atoms with Crippen LogP contribution in [-0.4, -0.2) is 14.5 Å². The maximum absolute atomic E-state index is 12.2. The first-order chi connectivity index (χ1) is 10.6. The largest absolute Gasteiger partial charge is 0.327 e. The van der Waals surface area contributed by atoms with Crippen molar-refractivity contribution in [3.63, 3.8) is 0 Å². The van der Waals surface area contributed by atoms with E-state index < -0.39 is 11.2 Å². The van der Waals surface area contributed by atoms with Crippen LogP contribution in [0.25, 0.3) is 11.0 Å². The summed E-state index contributed by atoms with van der Waals surface area (Å²) in [6.07, 6.45) is 7.21. The summed E-state index contributed by atoms with van der Waals surface area (Å²) in [7, 11) is 0. The number of fused-ring (bicyclic) bond motifs is 1. The topological polar surface area (TPSA) is 87.7 Å². The molecule has 0 atom stereocenters. The number of H-pyrrole nitrogens is 2. The van der Waals surface area contributed by atoms with Gasteiger partial charge in [-0.2, -0.15) is 0 Å². The van der Waals surface area contributed by atoms with Gasteiger partial charge in [0.1, 0.15) is 11.0 Å². The summed E-state index contributed by atoms with van der Waals surface area (Å²) in [6.45, 7) is 4.15. The summed E-state index contributed by atoms with van der Waals surface area (Å²) in [5.74, 6) is 0.836. The summed E-state index contributed by atoms with van der Waals surface area (Å²) >= 11 is 0. The Morgan fingerprint density at radius 1 is 1.27 bits per heavy atom. The van der Waals surface area contributed by atoms with Gasteiger partial charge >= 0.3 is 5.69 Å². The van der Waals surface area contributed by atoms with Crippen molar-refractivity contribution >= 4 is 11.0 Å². The van der Waals surface area contributed by atoms with Gasteiger partial charge in [0.15, 0.2) is 5.43 Å². The van der Waals surface area contributed by atoms with E-state index >= 15 is 0 Å². The lowest BCUT2D eigenvalue weighted by atomic mass is 10.1. The molecule has 0 aliphatic heterocycles. The highest BCUT2D eigenvalue weighted by molar-refractivity contribution is 5.73. The second kappa shape index (κ2) is 5.79. The first-order valence-corrected chi connectivity index (χ1v) is 7.60. The molecule has 0 amide bonds. The molecule has 2 aromatic heterocycles. The van der Waals surface area contributed by atoms with Crippen molar-refractivity contribution in [2.45, 2.75) is 38.6 Å². The van der Waals surface area contributed by atoms with Gasteiger partial charge in [-0.25, -0.2) is 4.79 Å². The molecule has 22 heavy (non-hydrogen) atoms. The molecule has 0 aromatic carbocycles. The Hall–Kier alpha value is -2.37. The highest BCUT2D eigenvalue weighted by Crippen LogP contribution is 2.33. The lowest BCUT2D eigenvalue weighted by Crippen LogP contribution is -2.29. The second-order valence-electron chi connectivity index (χ2n) is 5.87.